The van der Waals surface area contributed by atoms with Crippen molar-refractivity contribution in [3.05, 3.63) is 120 Å². The molecule has 3 aliphatic rings. The SMILES string of the molecule is CN1CCC(N2CCN(C3=Nc4ccccc4C(CC(=O)NCc4ccc(F)cc4)N3c3ccc(-c4ccccc4)cc3)CC2)CC1. The summed E-state index contributed by atoms with van der Waals surface area (Å²) in [6.45, 7) is 6.43. The molecule has 2 fully saturated rings. The van der Waals surface area contributed by atoms with E-state index in [1.54, 1.807) is 12.1 Å². The Morgan fingerprint density at radius 2 is 1.45 bits per heavy atom. The van der Waals surface area contributed by atoms with Crippen molar-refractivity contribution in [1.29, 1.82) is 0 Å². The van der Waals surface area contributed by atoms with Gasteiger partial charge in [0.1, 0.15) is 5.82 Å². The van der Waals surface area contributed by atoms with Crippen LogP contribution in [0.2, 0.25) is 0 Å². The van der Waals surface area contributed by atoms with Gasteiger partial charge in [0.05, 0.1) is 18.2 Å². The van der Waals surface area contributed by atoms with Gasteiger partial charge in [-0.05, 0) is 80.0 Å². The zero-order chi connectivity index (χ0) is 32.2. The van der Waals surface area contributed by atoms with E-state index in [0.717, 1.165) is 73.3 Å². The molecule has 0 aliphatic carbocycles. The van der Waals surface area contributed by atoms with Crippen molar-refractivity contribution in [2.45, 2.75) is 37.9 Å². The Morgan fingerprint density at radius 3 is 2.17 bits per heavy atom. The third kappa shape index (κ3) is 7.09. The summed E-state index contributed by atoms with van der Waals surface area (Å²) in [7, 11) is 2.22. The second kappa shape index (κ2) is 14.1. The molecule has 7 nitrogen and oxygen atoms in total. The number of rotatable bonds is 7. The number of likely N-dealkylation sites (tertiary alicyclic amines) is 1. The Kier molecular flexibility index (Phi) is 9.31. The minimum Gasteiger partial charge on any atom is -0.352 e. The van der Waals surface area contributed by atoms with Gasteiger partial charge in [-0.3, -0.25) is 9.69 Å². The normalized spacial score (nSPS) is 19.3. The number of carbonyl (C=O) groups is 1. The number of hydrogen-bond donors (Lipinski definition) is 1. The number of para-hydroxylation sites is 1. The smallest absolute Gasteiger partial charge is 0.222 e. The van der Waals surface area contributed by atoms with Gasteiger partial charge in [0.2, 0.25) is 11.9 Å². The van der Waals surface area contributed by atoms with Crippen LogP contribution in [0.15, 0.2) is 108 Å². The van der Waals surface area contributed by atoms with E-state index in [1.165, 1.54) is 30.5 Å². The number of aliphatic imine (C=N–C) groups is 1. The molecule has 3 aliphatic heterocycles. The van der Waals surface area contributed by atoms with Crippen LogP contribution < -0.4 is 10.2 Å². The molecule has 2 saturated heterocycles. The number of amides is 1. The van der Waals surface area contributed by atoms with Crippen LogP contribution in [0, 0.1) is 5.82 Å². The quantitative estimate of drug-likeness (QED) is 0.254. The summed E-state index contributed by atoms with van der Waals surface area (Å²) in [5.41, 5.74) is 6.12. The number of halogens is 1. The number of nitrogens with zero attached hydrogens (tertiary/aromatic N) is 5. The van der Waals surface area contributed by atoms with Crippen LogP contribution in [0.3, 0.4) is 0 Å². The highest BCUT2D eigenvalue weighted by Crippen LogP contribution is 2.41. The molecule has 7 rings (SSSR count). The maximum absolute atomic E-state index is 13.6. The first-order valence-corrected chi connectivity index (χ1v) is 16.8. The average molecular weight is 631 g/mol. The van der Waals surface area contributed by atoms with Gasteiger partial charge in [0, 0.05) is 50.0 Å². The van der Waals surface area contributed by atoms with Crippen LogP contribution in [-0.4, -0.2) is 78.9 Å². The van der Waals surface area contributed by atoms with Crippen LogP contribution in [0.4, 0.5) is 15.8 Å². The van der Waals surface area contributed by atoms with Gasteiger partial charge in [-0.1, -0.05) is 72.8 Å². The molecule has 3 heterocycles. The lowest BCUT2D eigenvalue weighted by molar-refractivity contribution is -0.121. The van der Waals surface area contributed by atoms with Crippen molar-refractivity contribution in [3.63, 3.8) is 0 Å². The van der Waals surface area contributed by atoms with Crippen molar-refractivity contribution < 1.29 is 9.18 Å². The molecule has 0 saturated carbocycles. The fourth-order valence-electron chi connectivity index (χ4n) is 7.17. The molecule has 4 aromatic carbocycles. The molecule has 1 N–H and O–H groups in total. The second-order valence-corrected chi connectivity index (χ2v) is 12.9. The Morgan fingerprint density at radius 1 is 0.787 bits per heavy atom. The molecule has 0 bridgehead atoms. The molecule has 1 unspecified atom stereocenters. The van der Waals surface area contributed by atoms with Gasteiger partial charge < -0.3 is 20.0 Å². The summed E-state index contributed by atoms with van der Waals surface area (Å²) in [6.07, 6.45) is 2.70. The molecule has 47 heavy (non-hydrogen) atoms. The molecule has 0 spiro atoms. The van der Waals surface area contributed by atoms with E-state index in [0.29, 0.717) is 12.6 Å². The van der Waals surface area contributed by atoms with Crippen LogP contribution in [0.5, 0.6) is 0 Å². The predicted molar refractivity (Wildman–Crippen MR) is 187 cm³/mol. The van der Waals surface area contributed by atoms with E-state index < -0.39 is 0 Å². The number of guanidine groups is 1. The summed E-state index contributed by atoms with van der Waals surface area (Å²) in [4.78, 5) is 28.7. The zero-order valence-electron chi connectivity index (χ0n) is 27.1. The lowest BCUT2D eigenvalue weighted by atomic mass is 9.96. The number of nitrogens with one attached hydrogen (secondary N) is 1. The van der Waals surface area contributed by atoms with E-state index in [4.69, 9.17) is 4.99 Å². The van der Waals surface area contributed by atoms with Crippen LogP contribution >= 0.6 is 0 Å². The minimum atomic E-state index is -0.285. The zero-order valence-corrected chi connectivity index (χ0v) is 27.1. The Bertz CT molecular complexity index is 1680. The molecule has 0 aromatic heterocycles. The fraction of sp³-hybridized carbons (Fsp3) is 0.333. The lowest BCUT2D eigenvalue weighted by Gasteiger charge is -2.47. The van der Waals surface area contributed by atoms with Gasteiger partial charge in [-0.15, -0.1) is 0 Å². The second-order valence-electron chi connectivity index (χ2n) is 12.9. The highest BCUT2D eigenvalue weighted by Gasteiger charge is 2.37. The Balaban J connectivity index is 1.18. The van der Waals surface area contributed by atoms with Crippen LogP contribution in [0.1, 0.15) is 36.4 Å². The maximum atomic E-state index is 13.6. The van der Waals surface area contributed by atoms with Gasteiger partial charge in [-0.2, -0.15) is 0 Å². The van der Waals surface area contributed by atoms with E-state index >= 15 is 0 Å². The third-order valence-electron chi connectivity index (χ3n) is 9.88. The number of hydrogen-bond acceptors (Lipinski definition) is 6. The monoisotopic (exact) mass is 630 g/mol. The molecule has 8 heteroatoms. The highest BCUT2D eigenvalue weighted by molar-refractivity contribution is 6.01. The topological polar surface area (TPSA) is 54.4 Å². The van der Waals surface area contributed by atoms with E-state index in [9.17, 15) is 9.18 Å². The van der Waals surface area contributed by atoms with Crippen molar-refractivity contribution in [3.8, 4) is 11.1 Å². The Hall–Kier alpha value is -4.53. The average Bonchev–Trinajstić information content (AvgIpc) is 3.12. The predicted octanol–water partition coefficient (Wildman–Crippen LogP) is 6.46. The maximum Gasteiger partial charge on any atom is 0.222 e. The number of piperazine rings is 1. The molecule has 1 atom stereocenters. The van der Waals surface area contributed by atoms with Crippen LogP contribution in [-0.2, 0) is 11.3 Å². The van der Waals surface area contributed by atoms with E-state index in [-0.39, 0.29) is 24.2 Å². The molecule has 0 radical (unpaired) electrons. The third-order valence-corrected chi connectivity index (χ3v) is 9.88. The molecular formula is C39H43FN6O. The molecule has 242 valence electrons. The van der Waals surface area contributed by atoms with Crippen molar-refractivity contribution in [2.75, 3.05) is 51.2 Å². The first kappa shape index (κ1) is 31.1. The van der Waals surface area contributed by atoms with Crippen LogP contribution in [0.25, 0.3) is 11.1 Å². The van der Waals surface area contributed by atoms with Gasteiger partial charge in [0.15, 0.2) is 0 Å². The van der Waals surface area contributed by atoms with Crippen molar-refractivity contribution in [1.82, 2.24) is 20.0 Å². The largest absolute Gasteiger partial charge is 0.352 e. The van der Waals surface area contributed by atoms with Crippen molar-refractivity contribution in [2.24, 2.45) is 4.99 Å². The number of carbonyl (C=O) groups excluding carboxylic acids is 1. The van der Waals surface area contributed by atoms with Crippen molar-refractivity contribution >= 4 is 23.2 Å². The summed E-state index contributed by atoms with van der Waals surface area (Å²) >= 11 is 0. The van der Waals surface area contributed by atoms with E-state index in [2.05, 4.69) is 92.6 Å². The number of piperidine rings is 1. The molecule has 1 amide bonds. The molecular weight excluding hydrogens is 587 g/mol. The lowest BCUT2D eigenvalue weighted by Crippen LogP contribution is -2.58. The first-order valence-electron chi connectivity index (χ1n) is 16.8. The summed E-state index contributed by atoms with van der Waals surface area (Å²) < 4.78 is 13.5. The van der Waals surface area contributed by atoms with Gasteiger partial charge >= 0.3 is 0 Å². The highest BCUT2D eigenvalue weighted by atomic mass is 19.1. The number of benzene rings is 4. The standard InChI is InChI=1S/C39H43FN6O/c1-43-21-19-33(20-22-43)44-23-25-45(26-24-44)39-42-36-10-6-5-9-35(36)37(27-38(47)41-28-29-11-15-32(40)16-12-29)46(39)34-17-13-31(14-18-34)30-7-3-2-4-8-30/h2-18,33,37H,19-28H2,1H3,(H,41,47). The van der Waals surface area contributed by atoms with Gasteiger partial charge in [-0.25, -0.2) is 9.38 Å². The fourth-order valence-corrected chi connectivity index (χ4v) is 7.17. The molecule has 4 aromatic rings. The summed E-state index contributed by atoms with van der Waals surface area (Å²) in [5.74, 6) is 0.552. The van der Waals surface area contributed by atoms with Gasteiger partial charge in [0.25, 0.3) is 0 Å². The number of fused-ring (bicyclic) bond motifs is 1. The van der Waals surface area contributed by atoms with E-state index in [1.807, 2.05) is 18.2 Å². The minimum absolute atomic E-state index is 0.0617. The number of anilines is 1. The first-order chi connectivity index (χ1) is 23.0. The Labute approximate surface area is 277 Å². The summed E-state index contributed by atoms with van der Waals surface area (Å²) in [5, 5.41) is 3.09. The summed E-state index contributed by atoms with van der Waals surface area (Å²) in [6, 6.07) is 33.9.